The molecule has 4 nitrogen and oxygen atoms in total. The zero-order valence-electron chi connectivity index (χ0n) is 16.2. The molecule has 0 unspecified atom stereocenters. The molecule has 0 aliphatic carbocycles. The van der Waals surface area contributed by atoms with Crippen LogP contribution in [-0.2, 0) is 12.8 Å². The van der Waals surface area contributed by atoms with Crippen LogP contribution in [0.25, 0.3) is 0 Å². The number of phenols is 1. The molecule has 1 aromatic heterocycles. The fourth-order valence-corrected chi connectivity index (χ4v) is 3.72. The number of hydrogen-bond acceptors (Lipinski definition) is 5. The Morgan fingerprint density at radius 2 is 1.81 bits per heavy atom. The maximum atomic E-state index is 9.66. The second-order valence-electron chi connectivity index (χ2n) is 6.81. The molecule has 3 rings (SSSR count). The van der Waals surface area contributed by atoms with E-state index in [9.17, 15) is 5.11 Å². The van der Waals surface area contributed by atoms with Crippen LogP contribution >= 0.6 is 11.3 Å². The minimum Gasteiger partial charge on any atom is -0.508 e. The fraction of sp³-hybridized carbons (Fsp3) is 0.524. The van der Waals surface area contributed by atoms with E-state index in [1.807, 2.05) is 36.6 Å². The number of nitrogens with zero attached hydrogens (tertiary/aromatic N) is 2. The molecule has 2 N–H and O–H groups in total. The molecule has 1 aromatic carbocycles. The summed E-state index contributed by atoms with van der Waals surface area (Å²) in [5, 5.41) is 14.9. The highest BCUT2D eigenvalue weighted by Gasteiger charge is 2.13. The van der Waals surface area contributed by atoms with Crippen molar-refractivity contribution in [2.24, 2.45) is 0 Å². The van der Waals surface area contributed by atoms with Crippen LogP contribution in [-0.4, -0.2) is 68.3 Å². The summed E-state index contributed by atoms with van der Waals surface area (Å²) in [5.41, 5.74) is 1.06. The van der Waals surface area contributed by atoms with Gasteiger partial charge in [0, 0.05) is 37.6 Å². The third-order valence-corrected chi connectivity index (χ3v) is 5.65. The Labute approximate surface area is 162 Å². The molecule has 0 radical (unpaired) electrons. The lowest BCUT2D eigenvalue weighted by atomic mass is 10.1. The zero-order chi connectivity index (χ0) is 18.6. The standard InChI is InChI=1S/C13H20N2O.C8H13NS/c1-14-8-10-15(11-9-14)7-6-12-4-2-3-5-13(12)16;1-9-6-2-4-8-5-3-7-10-8/h2-5,16H,6-11H2,1H3;3,5,7,9H,2,4,6H2,1H3. The summed E-state index contributed by atoms with van der Waals surface area (Å²) in [6.07, 6.45) is 3.41. The van der Waals surface area contributed by atoms with Crippen LogP contribution in [0.3, 0.4) is 0 Å². The molecule has 0 saturated carbocycles. The number of aryl methyl sites for hydroxylation is 1. The van der Waals surface area contributed by atoms with Gasteiger partial charge >= 0.3 is 0 Å². The Bertz CT molecular complexity index is 595. The van der Waals surface area contributed by atoms with Crippen molar-refractivity contribution in [1.29, 1.82) is 0 Å². The molecule has 0 spiro atoms. The van der Waals surface area contributed by atoms with E-state index >= 15 is 0 Å². The Morgan fingerprint density at radius 3 is 2.46 bits per heavy atom. The number of para-hydroxylation sites is 1. The fourth-order valence-electron chi connectivity index (χ4n) is 2.97. The highest BCUT2D eigenvalue weighted by molar-refractivity contribution is 7.09. The number of thiophene rings is 1. The Hall–Kier alpha value is -1.40. The lowest BCUT2D eigenvalue weighted by Gasteiger charge is -2.32. The number of benzene rings is 1. The second kappa shape index (κ2) is 12.1. The SMILES string of the molecule is CN1CCN(CCc2ccccc2O)CC1.CNCCCc1cccs1. The van der Waals surface area contributed by atoms with Crippen molar-refractivity contribution in [3.63, 3.8) is 0 Å². The highest BCUT2D eigenvalue weighted by atomic mass is 32.1. The summed E-state index contributed by atoms with van der Waals surface area (Å²) in [7, 11) is 4.16. The van der Waals surface area contributed by atoms with E-state index in [4.69, 9.17) is 0 Å². The van der Waals surface area contributed by atoms with Crippen molar-refractivity contribution >= 4 is 11.3 Å². The first-order chi connectivity index (χ1) is 12.7. The van der Waals surface area contributed by atoms with Crippen molar-refractivity contribution in [1.82, 2.24) is 15.1 Å². The second-order valence-corrected chi connectivity index (χ2v) is 7.84. The van der Waals surface area contributed by atoms with Crippen molar-refractivity contribution < 1.29 is 5.11 Å². The number of likely N-dealkylation sites (N-methyl/N-ethyl adjacent to an activating group) is 1. The van der Waals surface area contributed by atoms with Crippen molar-refractivity contribution in [2.45, 2.75) is 19.3 Å². The van der Waals surface area contributed by atoms with Gasteiger partial charge in [-0.1, -0.05) is 24.3 Å². The third kappa shape index (κ3) is 7.87. The molecule has 0 bridgehead atoms. The summed E-state index contributed by atoms with van der Waals surface area (Å²) in [6.45, 7) is 6.76. The molecule has 1 fully saturated rings. The average Bonchev–Trinajstić information content (AvgIpc) is 3.17. The van der Waals surface area contributed by atoms with Gasteiger partial charge in [0.1, 0.15) is 5.75 Å². The molecule has 0 atom stereocenters. The van der Waals surface area contributed by atoms with E-state index in [0.29, 0.717) is 5.75 Å². The van der Waals surface area contributed by atoms with Crippen molar-refractivity contribution in [2.75, 3.05) is 53.4 Å². The lowest BCUT2D eigenvalue weighted by Crippen LogP contribution is -2.45. The van der Waals surface area contributed by atoms with Crippen LogP contribution in [0.15, 0.2) is 41.8 Å². The van der Waals surface area contributed by atoms with Crippen LogP contribution in [0.2, 0.25) is 0 Å². The minimum absolute atomic E-state index is 0.427. The summed E-state index contributed by atoms with van der Waals surface area (Å²) < 4.78 is 0. The monoisotopic (exact) mass is 375 g/mol. The maximum absolute atomic E-state index is 9.66. The van der Waals surface area contributed by atoms with Crippen LogP contribution in [0.5, 0.6) is 5.75 Å². The lowest BCUT2D eigenvalue weighted by molar-refractivity contribution is 0.155. The molecule has 2 heterocycles. The van der Waals surface area contributed by atoms with E-state index in [-0.39, 0.29) is 0 Å². The molecular weight excluding hydrogens is 342 g/mol. The van der Waals surface area contributed by atoms with Gasteiger partial charge in [0.15, 0.2) is 0 Å². The van der Waals surface area contributed by atoms with Crippen molar-refractivity contribution in [3.8, 4) is 5.75 Å². The largest absolute Gasteiger partial charge is 0.508 e. The number of rotatable bonds is 7. The number of nitrogens with one attached hydrogen (secondary N) is 1. The predicted octanol–water partition coefficient (Wildman–Crippen LogP) is 3.08. The van der Waals surface area contributed by atoms with Crippen LogP contribution in [0.4, 0.5) is 0 Å². The Balaban J connectivity index is 0.000000209. The topological polar surface area (TPSA) is 38.7 Å². The molecule has 1 aliphatic rings. The number of hydrogen-bond donors (Lipinski definition) is 2. The van der Waals surface area contributed by atoms with Crippen LogP contribution < -0.4 is 5.32 Å². The Morgan fingerprint density at radius 1 is 1.04 bits per heavy atom. The van der Waals surface area contributed by atoms with Crippen molar-refractivity contribution in [3.05, 3.63) is 52.2 Å². The molecule has 26 heavy (non-hydrogen) atoms. The summed E-state index contributed by atoms with van der Waals surface area (Å²) in [4.78, 5) is 6.32. The molecule has 0 amide bonds. The first-order valence-corrected chi connectivity index (χ1v) is 10.4. The van der Waals surface area contributed by atoms with Gasteiger partial charge in [0.25, 0.3) is 0 Å². The van der Waals surface area contributed by atoms with E-state index < -0.39 is 0 Å². The number of phenolic OH excluding ortho intramolecular Hbond substituents is 1. The molecule has 144 valence electrons. The van der Waals surface area contributed by atoms with Gasteiger partial charge in [0.05, 0.1) is 0 Å². The van der Waals surface area contributed by atoms with Crippen LogP contribution in [0, 0.1) is 0 Å². The smallest absolute Gasteiger partial charge is 0.118 e. The summed E-state index contributed by atoms with van der Waals surface area (Å²) in [6, 6.07) is 11.9. The van der Waals surface area contributed by atoms with Crippen LogP contribution in [0.1, 0.15) is 16.9 Å². The minimum atomic E-state index is 0.427. The predicted molar refractivity (Wildman–Crippen MR) is 112 cm³/mol. The van der Waals surface area contributed by atoms with Gasteiger partial charge < -0.3 is 20.2 Å². The molecule has 2 aromatic rings. The van der Waals surface area contributed by atoms with Gasteiger partial charge in [-0.25, -0.2) is 0 Å². The highest BCUT2D eigenvalue weighted by Crippen LogP contribution is 2.16. The van der Waals surface area contributed by atoms with Gasteiger partial charge in [-0.2, -0.15) is 0 Å². The van der Waals surface area contributed by atoms with E-state index in [2.05, 4.69) is 39.7 Å². The van der Waals surface area contributed by atoms with E-state index in [1.54, 1.807) is 6.07 Å². The Kier molecular flexibility index (Phi) is 9.71. The van der Waals surface area contributed by atoms with E-state index in [0.717, 1.165) is 51.3 Å². The van der Waals surface area contributed by atoms with Gasteiger partial charge in [-0.3, -0.25) is 0 Å². The molecule has 1 saturated heterocycles. The summed E-state index contributed by atoms with van der Waals surface area (Å²) in [5.74, 6) is 0.427. The first-order valence-electron chi connectivity index (χ1n) is 9.54. The third-order valence-electron chi connectivity index (χ3n) is 4.71. The number of piperazine rings is 1. The zero-order valence-corrected chi connectivity index (χ0v) is 17.0. The molecular formula is C21H33N3OS. The summed E-state index contributed by atoms with van der Waals surface area (Å²) >= 11 is 1.85. The normalized spacial score (nSPS) is 15.5. The molecule has 5 heteroatoms. The quantitative estimate of drug-likeness (QED) is 0.730. The van der Waals surface area contributed by atoms with Gasteiger partial charge in [-0.15, -0.1) is 11.3 Å². The maximum Gasteiger partial charge on any atom is 0.118 e. The van der Waals surface area contributed by atoms with E-state index in [1.165, 1.54) is 17.7 Å². The first kappa shape index (κ1) is 20.9. The average molecular weight is 376 g/mol. The van der Waals surface area contributed by atoms with Gasteiger partial charge in [0.2, 0.25) is 0 Å². The molecule has 1 aliphatic heterocycles. The van der Waals surface area contributed by atoms with Gasteiger partial charge in [-0.05, 0) is 63.0 Å². The number of aromatic hydroxyl groups is 1.